The maximum Gasteiger partial charge on any atom is 0.317 e. The maximum atomic E-state index is 10.8. The van der Waals surface area contributed by atoms with E-state index in [9.17, 15) is 4.79 Å². The second kappa shape index (κ2) is 7.67. The van der Waals surface area contributed by atoms with E-state index in [-0.39, 0.29) is 6.54 Å². The quantitative estimate of drug-likeness (QED) is 0.711. The molecule has 1 rings (SSSR count). The van der Waals surface area contributed by atoms with Crippen molar-refractivity contribution in [2.45, 2.75) is 45.6 Å². The van der Waals surface area contributed by atoms with Crippen molar-refractivity contribution in [1.29, 1.82) is 0 Å². The van der Waals surface area contributed by atoms with E-state index < -0.39 is 5.97 Å². The summed E-state index contributed by atoms with van der Waals surface area (Å²) >= 11 is 0. The number of nitrogens with zero attached hydrogens (tertiary/aromatic N) is 1. The molecule has 0 aliphatic carbocycles. The van der Waals surface area contributed by atoms with Gasteiger partial charge in [0.2, 0.25) is 0 Å². The van der Waals surface area contributed by atoms with Crippen molar-refractivity contribution < 1.29 is 9.90 Å². The van der Waals surface area contributed by atoms with E-state index in [4.69, 9.17) is 5.11 Å². The van der Waals surface area contributed by atoms with Crippen molar-refractivity contribution in [3.8, 4) is 0 Å². The van der Waals surface area contributed by atoms with E-state index in [1.54, 1.807) is 0 Å². The van der Waals surface area contributed by atoms with Crippen molar-refractivity contribution in [3.63, 3.8) is 0 Å². The Hall–Kier alpha value is -0.610. The van der Waals surface area contributed by atoms with Gasteiger partial charge in [0.25, 0.3) is 0 Å². The van der Waals surface area contributed by atoms with Crippen LogP contribution in [0, 0.1) is 5.92 Å². The first-order chi connectivity index (χ1) is 8.15. The number of likely N-dealkylation sites (tertiary alicyclic amines) is 1. The molecule has 0 amide bonds. The smallest absolute Gasteiger partial charge is 0.317 e. The topological polar surface area (TPSA) is 52.6 Å². The Kier molecular flexibility index (Phi) is 6.52. The molecule has 2 unspecified atom stereocenters. The molecular formula is C13H26N2O2. The molecule has 1 fully saturated rings. The van der Waals surface area contributed by atoms with E-state index in [1.807, 2.05) is 0 Å². The summed E-state index contributed by atoms with van der Waals surface area (Å²) < 4.78 is 0. The van der Waals surface area contributed by atoms with Crippen LogP contribution in [0.2, 0.25) is 0 Å². The lowest BCUT2D eigenvalue weighted by Crippen LogP contribution is -2.50. The zero-order valence-electron chi connectivity index (χ0n) is 11.1. The molecule has 4 heteroatoms. The first-order valence-electron chi connectivity index (χ1n) is 6.83. The number of rotatable bonds is 7. The van der Waals surface area contributed by atoms with Crippen LogP contribution in [-0.2, 0) is 4.79 Å². The Morgan fingerprint density at radius 3 is 2.71 bits per heavy atom. The van der Waals surface area contributed by atoms with Crippen LogP contribution in [0.1, 0.15) is 39.5 Å². The summed E-state index contributed by atoms with van der Waals surface area (Å²) in [6.07, 6.45) is 4.73. The number of carboxylic acids is 1. The molecule has 0 aromatic rings. The second-order valence-corrected chi connectivity index (χ2v) is 5.13. The van der Waals surface area contributed by atoms with Gasteiger partial charge in [0.1, 0.15) is 0 Å². The largest absolute Gasteiger partial charge is 0.480 e. The number of carbonyl (C=O) groups is 1. The van der Waals surface area contributed by atoms with Crippen LogP contribution in [0.5, 0.6) is 0 Å². The van der Waals surface area contributed by atoms with Crippen molar-refractivity contribution in [1.82, 2.24) is 10.2 Å². The van der Waals surface area contributed by atoms with Gasteiger partial charge in [-0.05, 0) is 31.7 Å². The van der Waals surface area contributed by atoms with Crippen LogP contribution in [0.15, 0.2) is 0 Å². The van der Waals surface area contributed by atoms with Gasteiger partial charge in [0, 0.05) is 19.1 Å². The molecule has 1 aliphatic rings. The lowest BCUT2D eigenvalue weighted by molar-refractivity contribution is -0.138. The third-order valence-electron chi connectivity index (χ3n) is 3.35. The van der Waals surface area contributed by atoms with Gasteiger partial charge in [-0.25, -0.2) is 0 Å². The molecule has 0 bridgehead atoms. The normalized spacial score (nSPS) is 26.0. The number of aliphatic carboxylic acids is 1. The molecule has 1 aliphatic heterocycles. The molecule has 1 heterocycles. The summed E-state index contributed by atoms with van der Waals surface area (Å²) in [7, 11) is 0. The van der Waals surface area contributed by atoms with Crippen molar-refractivity contribution in [2.24, 2.45) is 5.92 Å². The zero-order chi connectivity index (χ0) is 12.7. The molecule has 0 aromatic heterocycles. The predicted octanol–water partition coefficient (Wildman–Crippen LogP) is 1.56. The number of piperidine rings is 1. The summed E-state index contributed by atoms with van der Waals surface area (Å²) in [4.78, 5) is 12.9. The molecule has 0 spiro atoms. The fourth-order valence-electron chi connectivity index (χ4n) is 2.74. The van der Waals surface area contributed by atoms with Crippen LogP contribution in [0.4, 0.5) is 0 Å². The molecule has 2 N–H and O–H groups in total. The highest BCUT2D eigenvalue weighted by molar-refractivity contribution is 5.69. The van der Waals surface area contributed by atoms with Gasteiger partial charge in [-0.1, -0.05) is 20.3 Å². The summed E-state index contributed by atoms with van der Waals surface area (Å²) in [6, 6.07) is 0.472. The third-order valence-corrected chi connectivity index (χ3v) is 3.35. The molecule has 1 saturated heterocycles. The lowest BCUT2D eigenvalue weighted by atomic mass is 9.90. The molecule has 0 radical (unpaired) electrons. The minimum Gasteiger partial charge on any atom is -0.480 e. The first-order valence-corrected chi connectivity index (χ1v) is 6.83. The van der Waals surface area contributed by atoms with Crippen LogP contribution < -0.4 is 5.32 Å². The molecule has 2 atom stereocenters. The molecule has 17 heavy (non-hydrogen) atoms. The highest BCUT2D eigenvalue weighted by Crippen LogP contribution is 2.21. The van der Waals surface area contributed by atoms with Crippen LogP contribution in [0.25, 0.3) is 0 Å². The maximum absolute atomic E-state index is 10.8. The van der Waals surface area contributed by atoms with Gasteiger partial charge in [0.15, 0.2) is 0 Å². The third kappa shape index (κ3) is 5.50. The fraction of sp³-hybridized carbons (Fsp3) is 0.923. The van der Waals surface area contributed by atoms with Crippen molar-refractivity contribution in [3.05, 3.63) is 0 Å². The first kappa shape index (κ1) is 14.5. The Morgan fingerprint density at radius 1 is 1.35 bits per heavy atom. The fourth-order valence-corrected chi connectivity index (χ4v) is 2.74. The zero-order valence-corrected chi connectivity index (χ0v) is 11.1. The minimum atomic E-state index is -0.712. The van der Waals surface area contributed by atoms with Gasteiger partial charge in [0.05, 0.1) is 6.54 Å². The van der Waals surface area contributed by atoms with Gasteiger partial charge in [-0.15, -0.1) is 0 Å². The number of carboxylic acid groups (broad SMARTS) is 1. The van der Waals surface area contributed by atoms with Gasteiger partial charge >= 0.3 is 5.97 Å². The molecule has 0 saturated carbocycles. The van der Waals surface area contributed by atoms with Gasteiger partial charge in [-0.3, -0.25) is 9.69 Å². The van der Waals surface area contributed by atoms with Crippen molar-refractivity contribution in [2.75, 3.05) is 26.2 Å². The highest BCUT2D eigenvalue weighted by Gasteiger charge is 2.27. The van der Waals surface area contributed by atoms with Gasteiger partial charge < -0.3 is 10.4 Å². The summed E-state index contributed by atoms with van der Waals surface area (Å²) in [6.45, 7) is 7.41. The predicted molar refractivity (Wildman–Crippen MR) is 69.2 cm³/mol. The van der Waals surface area contributed by atoms with E-state index in [0.29, 0.717) is 12.0 Å². The molecule has 0 aromatic carbocycles. The van der Waals surface area contributed by atoms with E-state index >= 15 is 0 Å². The lowest BCUT2D eigenvalue weighted by Gasteiger charge is -2.37. The van der Waals surface area contributed by atoms with Crippen molar-refractivity contribution >= 4 is 5.97 Å². The Balaban J connectivity index is 2.46. The average molecular weight is 242 g/mol. The van der Waals surface area contributed by atoms with E-state index in [1.165, 1.54) is 19.3 Å². The average Bonchev–Trinajstić information content (AvgIpc) is 2.25. The van der Waals surface area contributed by atoms with Crippen LogP contribution >= 0.6 is 0 Å². The Bertz CT molecular complexity index is 233. The SMILES string of the molecule is CCCNC1CC(CCC)CN(CC(=O)O)C1. The summed E-state index contributed by atoms with van der Waals surface area (Å²) in [5, 5.41) is 12.4. The number of hydrogen-bond acceptors (Lipinski definition) is 3. The molecular weight excluding hydrogens is 216 g/mol. The van der Waals surface area contributed by atoms with Crippen LogP contribution in [-0.4, -0.2) is 48.2 Å². The number of hydrogen-bond donors (Lipinski definition) is 2. The summed E-state index contributed by atoms with van der Waals surface area (Å²) in [5.74, 6) is -0.0566. The summed E-state index contributed by atoms with van der Waals surface area (Å²) in [5.41, 5.74) is 0. The Labute approximate surface area is 104 Å². The Morgan fingerprint density at radius 2 is 2.12 bits per heavy atom. The standard InChI is InChI=1S/C13H26N2O2/c1-3-5-11-7-12(14-6-4-2)9-15(8-11)10-13(16)17/h11-12,14H,3-10H2,1-2H3,(H,16,17). The van der Waals surface area contributed by atoms with Gasteiger partial charge in [-0.2, -0.15) is 0 Å². The van der Waals surface area contributed by atoms with E-state index in [0.717, 1.165) is 26.1 Å². The molecule has 4 nitrogen and oxygen atoms in total. The highest BCUT2D eigenvalue weighted by atomic mass is 16.4. The second-order valence-electron chi connectivity index (χ2n) is 5.13. The van der Waals surface area contributed by atoms with E-state index in [2.05, 4.69) is 24.1 Å². The van der Waals surface area contributed by atoms with Crippen LogP contribution in [0.3, 0.4) is 0 Å². The minimum absolute atomic E-state index is 0.185. The monoisotopic (exact) mass is 242 g/mol. The number of nitrogens with one attached hydrogen (secondary N) is 1. The molecule has 100 valence electrons.